The van der Waals surface area contributed by atoms with Crippen molar-refractivity contribution in [3.8, 4) is 0 Å². The van der Waals surface area contributed by atoms with E-state index < -0.39 is 23.1 Å². The molecular formula is C13H16ClF2NO. The molecule has 0 aliphatic rings. The van der Waals surface area contributed by atoms with Gasteiger partial charge in [0, 0.05) is 11.9 Å². The molecule has 0 aliphatic carbocycles. The van der Waals surface area contributed by atoms with Crippen molar-refractivity contribution in [1.29, 1.82) is 0 Å². The average Bonchev–Trinajstić information content (AvgIpc) is 2.33. The molecule has 0 saturated heterocycles. The number of amides is 1. The van der Waals surface area contributed by atoms with Gasteiger partial charge in [-0.05, 0) is 31.4 Å². The third kappa shape index (κ3) is 3.19. The third-order valence-corrected chi connectivity index (χ3v) is 3.45. The van der Waals surface area contributed by atoms with Crippen molar-refractivity contribution in [1.82, 2.24) is 5.32 Å². The number of aryl methyl sites for hydroxylation is 1. The zero-order valence-electron chi connectivity index (χ0n) is 10.6. The second-order valence-electron chi connectivity index (χ2n) is 4.45. The molecule has 1 aromatic carbocycles. The number of hydrogen-bond donors (Lipinski definition) is 1. The number of rotatable bonds is 4. The molecule has 2 nitrogen and oxygen atoms in total. The lowest BCUT2D eigenvalue weighted by Crippen LogP contribution is -2.38. The van der Waals surface area contributed by atoms with Crippen LogP contribution in [-0.2, 0) is 0 Å². The van der Waals surface area contributed by atoms with Crippen LogP contribution in [0.15, 0.2) is 12.1 Å². The maximum absolute atomic E-state index is 13.7. The minimum Gasteiger partial charge on any atom is -0.349 e. The molecule has 5 heteroatoms. The van der Waals surface area contributed by atoms with Crippen molar-refractivity contribution < 1.29 is 13.6 Å². The Morgan fingerprint density at radius 1 is 1.39 bits per heavy atom. The summed E-state index contributed by atoms with van der Waals surface area (Å²) in [4.78, 5) is 11.8. The summed E-state index contributed by atoms with van der Waals surface area (Å²) < 4.78 is 27.2. The first kappa shape index (κ1) is 14.9. The lowest BCUT2D eigenvalue weighted by Gasteiger charge is -2.19. The average molecular weight is 276 g/mol. The van der Waals surface area contributed by atoms with Gasteiger partial charge in [0.15, 0.2) is 0 Å². The van der Waals surface area contributed by atoms with E-state index >= 15 is 0 Å². The zero-order chi connectivity index (χ0) is 13.9. The summed E-state index contributed by atoms with van der Waals surface area (Å²) in [5.74, 6) is -2.05. The SMILES string of the molecule is Cc1ccc(F)c(C(=O)NC(C)C(C)CCl)c1F. The molecule has 0 bridgehead atoms. The van der Waals surface area contributed by atoms with Gasteiger partial charge in [-0.15, -0.1) is 11.6 Å². The highest BCUT2D eigenvalue weighted by atomic mass is 35.5. The molecule has 100 valence electrons. The lowest BCUT2D eigenvalue weighted by molar-refractivity contribution is 0.0922. The van der Waals surface area contributed by atoms with Gasteiger partial charge in [-0.3, -0.25) is 4.79 Å². The van der Waals surface area contributed by atoms with E-state index in [0.717, 1.165) is 6.07 Å². The normalized spacial score (nSPS) is 14.1. The van der Waals surface area contributed by atoms with Crippen LogP contribution in [0.25, 0.3) is 0 Å². The molecule has 0 saturated carbocycles. The number of hydrogen-bond acceptors (Lipinski definition) is 1. The van der Waals surface area contributed by atoms with Gasteiger partial charge in [-0.1, -0.05) is 13.0 Å². The first-order valence-corrected chi connectivity index (χ1v) is 6.23. The summed E-state index contributed by atoms with van der Waals surface area (Å²) in [7, 11) is 0. The predicted octanol–water partition coefficient (Wildman–Crippen LogP) is 3.27. The largest absolute Gasteiger partial charge is 0.349 e. The van der Waals surface area contributed by atoms with Crippen LogP contribution in [0.2, 0.25) is 0 Å². The zero-order valence-corrected chi connectivity index (χ0v) is 11.3. The maximum Gasteiger partial charge on any atom is 0.257 e. The van der Waals surface area contributed by atoms with Crippen molar-refractivity contribution in [3.63, 3.8) is 0 Å². The second kappa shape index (κ2) is 6.14. The van der Waals surface area contributed by atoms with Crippen molar-refractivity contribution in [2.75, 3.05) is 5.88 Å². The van der Waals surface area contributed by atoms with Crippen LogP contribution in [0.1, 0.15) is 29.8 Å². The van der Waals surface area contributed by atoms with Crippen molar-refractivity contribution in [2.24, 2.45) is 5.92 Å². The summed E-state index contributed by atoms with van der Waals surface area (Å²) in [6.07, 6.45) is 0. The highest BCUT2D eigenvalue weighted by Gasteiger charge is 2.22. The topological polar surface area (TPSA) is 29.1 Å². The Morgan fingerprint density at radius 2 is 2.00 bits per heavy atom. The van der Waals surface area contributed by atoms with E-state index in [4.69, 9.17) is 11.6 Å². The molecule has 0 radical (unpaired) electrons. The van der Waals surface area contributed by atoms with Crippen LogP contribution in [-0.4, -0.2) is 17.8 Å². The van der Waals surface area contributed by atoms with E-state index in [1.807, 2.05) is 6.92 Å². The molecular weight excluding hydrogens is 260 g/mol. The van der Waals surface area contributed by atoms with Crippen LogP contribution < -0.4 is 5.32 Å². The van der Waals surface area contributed by atoms with Gasteiger partial charge in [0.25, 0.3) is 5.91 Å². The lowest BCUT2D eigenvalue weighted by atomic mass is 10.0. The molecule has 0 aromatic heterocycles. The maximum atomic E-state index is 13.7. The smallest absolute Gasteiger partial charge is 0.257 e. The first-order valence-electron chi connectivity index (χ1n) is 5.69. The monoisotopic (exact) mass is 275 g/mol. The van der Waals surface area contributed by atoms with Gasteiger partial charge in [-0.25, -0.2) is 8.78 Å². The van der Waals surface area contributed by atoms with Crippen LogP contribution in [0.4, 0.5) is 8.78 Å². The van der Waals surface area contributed by atoms with Gasteiger partial charge >= 0.3 is 0 Å². The molecule has 0 fully saturated rings. The van der Waals surface area contributed by atoms with E-state index in [2.05, 4.69) is 5.32 Å². The number of carbonyl (C=O) groups is 1. The Bertz CT molecular complexity index is 451. The van der Waals surface area contributed by atoms with Gasteiger partial charge in [0.05, 0.1) is 0 Å². The number of carbonyl (C=O) groups excluding carboxylic acids is 1. The van der Waals surface area contributed by atoms with Crippen LogP contribution in [0, 0.1) is 24.5 Å². The third-order valence-electron chi connectivity index (χ3n) is 2.97. The summed E-state index contributed by atoms with van der Waals surface area (Å²) in [5.41, 5.74) is -0.303. The van der Waals surface area contributed by atoms with Crippen LogP contribution >= 0.6 is 11.6 Å². The predicted molar refractivity (Wildman–Crippen MR) is 67.9 cm³/mol. The summed E-state index contributed by atoms with van der Waals surface area (Å²) >= 11 is 5.66. The number of halogens is 3. The second-order valence-corrected chi connectivity index (χ2v) is 4.76. The fourth-order valence-corrected chi connectivity index (χ4v) is 1.69. The Labute approximate surface area is 110 Å². The molecule has 0 aliphatic heterocycles. The molecule has 2 unspecified atom stereocenters. The van der Waals surface area contributed by atoms with Gasteiger partial charge in [0.1, 0.15) is 17.2 Å². The van der Waals surface area contributed by atoms with E-state index in [0.29, 0.717) is 5.88 Å². The van der Waals surface area contributed by atoms with Crippen molar-refractivity contribution in [2.45, 2.75) is 26.8 Å². The minimum atomic E-state index is -0.860. The molecule has 1 rings (SSSR count). The first-order chi connectivity index (χ1) is 8.38. The highest BCUT2D eigenvalue weighted by molar-refractivity contribution is 6.18. The van der Waals surface area contributed by atoms with Crippen molar-refractivity contribution >= 4 is 17.5 Å². The number of benzene rings is 1. The molecule has 0 heterocycles. The fourth-order valence-electron chi connectivity index (χ4n) is 1.42. The molecule has 18 heavy (non-hydrogen) atoms. The fraction of sp³-hybridized carbons (Fsp3) is 0.462. The van der Waals surface area contributed by atoms with Gasteiger partial charge in [-0.2, -0.15) is 0 Å². The summed E-state index contributed by atoms with van der Waals surface area (Å²) in [5, 5.41) is 2.55. The van der Waals surface area contributed by atoms with Crippen molar-refractivity contribution in [3.05, 3.63) is 34.9 Å². The number of nitrogens with one attached hydrogen (secondary N) is 1. The molecule has 2 atom stereocenters. The molecule has 0 spiro atoms. The van der Waals surface area contributed by atoms with Crippen LogP contribution in [0.3, 0.4) is 0 Å². The standard InChI is InChI=1S/C13H16ClF2NO/c1-7-4-5-10(15)11(12(7)16)13(18)17-9(3)8(2)6-14/h4-5,8-9H,6H2,1-3H3,(H,17,18). The quantitative estimate of drug-likeness (QED) is 0.840. The molecule has 1 N–H and O–H groups in total. The van der Waals surface area contributed by atoms with E-state index in [1.54, 1.807) is 6.92 Å². The Hall–Kier alpha value is -1.16. The highest BCUT2D eigenvalue weighted by Crippen LogP contribution is 2.17. The van der Waals surface area contributed by atoms with E-state index in [1.165, 1.54) is 13.0 Å². The van der Waals surface area contributed by atoms with Gasteiger partial charge < -0.3 is 5.32 Å². The Kier molecular flexibility index (Phi) is 5.08. The van der Waals surface area contributed by atoms with E-state index in [-0.39, 0.29) is 17.5 Å². The van der Waals surface area contributed by atoms with E-state index in [9.17, 15) is 13.6 Å². The Morgan fingerprint density at radius 3 is 2.56 bits per heavy atom. The van der Waals surface area contributed by atoms with Crippen LogP contribution in [0.5, 0.6) is 0 Å². The molecule has 1 aromatic rings. The summed E-state index contributed by atoms with van der Waals surface area (Å²) in [6.45, 7) is 5.08. The summed E-state index contributed by atoms with van der Waals surface area (Å²) in [6, 6.07) is 2.13. The Balaban J connectivity index is 2.95. The molecule has 1 amide bonds. The van der Waals surface area contributed by atoms with Gasteiger partial charge in [0.2, 0.25) is 0 Å². The number of alkyl halides is 1. The minimum absolute atomic E-state index is 0.0200.